The fraction of sp³-hybridized carbons (Fsp3) is 0.143. The van der Waals surface area contributed by atoms with E-state index in [0.717, 1.165) is 10.2 Å². The zero-order chi connectivity index (χ0) is 29.0. The topological polar surface area (TPSA) is 150 Å². The average molecular weight is 581 g/mol. The number of carbonyl (C=O) groups excluding carboxylic acids is 2. The molecule has 1 aromatic heterocycles. The summed E-state index contributed by atoms with van der Waals surface area (Å²) in [5.74, 6) is -0.816. The highest BCUT2D eigenvalue weighted by Crippen LogP contribution is 2.32. The Morgan fingerprint density at radius 1 is 1.02 bits per heavy atom. The van der Waals surface area contributed by atoms with Crippen molar-refractivity contribution in [1.29, 1.82) is 0 Å². The summed E-state index contributed by atoms with van der Waals surface area (Å²) in [7, 11) is -2.55. The molecular formula is C28H25ClN4O6S. The average Bonchev–Trinajstić information content (AvgIpc) is 2.92. The van der Waals surface area contributed by atoms with Crippen molar-refractivity contribution in [2.24, 2.45) is 5.14 Å². The molecule has 10 nitrogen and oxygen atoms in total. The Morgan fingerprint density at radius 2 is 1.70 bits per heavy atom. The van der Waals surface area contributed by atoms with Crippen LogP contribution < -0.4 is 20.8 Å². The van der Waals surface area contributed by atoms with E-state index in [2.05, 4.69) is 10.4 Å². The zero-order valence-corrected chi connectivity index (χ0v) is 23.1. The highest BCUT2D eigenvalue weighted by atomic mass is 35.5. The van der Waals surface area contributed by atoms with Crippen LogP contribution in [0.3, 0.4) is 0 Å². The van der Waals surface area contributed by atoms with E-state index < -0.39 is 27.5 Å². The van der Waals surface area contributed by atoms with Gasteiger partial charge in [-0.3, -0.25) is 14.4 Å². The van der Waals surface area contributed by atoms with Gasteiger partial charge in [-0.15, -0.1) is 5.10 Å². The molecular weight excluding hydrogens is 556 g/mol. The predicted octanol–water partition coefficient (Wildman–Crippen LogP) is 3.84. The fourth-order valence-electron chi connectivity index (χ4n) is 4.15. The highest BCUT2D eigenvalue weighted by Gasteiger charge is 2.26. The number of rotatable bonds is 9. The first kappa shape index (κ1) is 28.7. The van der Waals surface area contributed by atoms with Gasteiger partial charge in [-0.2, -0.15) is 0 Å². The third-order valence-electron chi connectivity index (χ3n) is 6.09. The van der Waals surface area contributed by atoms with Crippen LogP contribution in [-0.2, 0) is 21.2 Å². The number of benzene rings is 3. The first-order valence-electron chi connectivity index (χ1n) is 11.9. The van der Waals surface area contributed by atoms with E-state index in [1.807, 2.05) is 18.2 Å². The van der Waals surface area contributed by atoms with Crippen molar-refractivity contribution in [2.45, 2.75) is 24.3 Å². The SMILES string of the molecule is COc1nn([C@@H](Cc2ccccc2)C(=O)Nc2ccc(S(N)(=O)=O)cc2)c(=O)cc1-c1cc(Cl)ccc1C(C)=O. The van der Waals surface area contributed by atoms with Gasteiger partial charge in [0, 0.05) is 28.8 Å². The van der Waals surface area contributed by atoms with E-state index in [1.165, 1.54) is 44.4 Å². The minimum Gasteiger partial charge on any atom is -0.480 e. The Balaban J connectivity index is 1.79. The lowest BCUT2D eigenvalue weighted by molar-refractivity contribution is -0.119. The van der Waals surface area contributed by atoms with Crippen LogP contribution in [0.15, 0.2) is 88.6 Å². The van der Waals surface area contributed by atoms with E-state index >= 15 is 0 Å². The number of ether oxygens (including phenoxy) is 1. The second kappa shape index (κ2) is 11.8. The Morgan fingerprint density at radius 3 is 2.30 bits per heavy atom. The summed E-state index contributed by atoms with van der Waals surface area (Å²) in [6, 6.07) is 19.1. The molecule has 1 heterocycles. The molecule has 0 aliphatic carbocycles. The molecule has 4 rings (SSSR count). The summed E-state index contributed by atoms with van der Waals surface area (Å²) < 4.78 is 29.7. The number of nitrogens with two attached hydrogens (primary N) is 1. The molecule has 0 fully saturated rings. The minimum atomic E-state index is -3.91. The van der Waals surface area contributed by atoms with Crippen LogP contribution in [0.2, 0.25) is 5.02 Å². The molecule has 0 spiro atoms. The van der Waals surface area contributed by atoms with Gasteiger partial charge in [0.25, 0.3) is 5.56 Å². The van der Waals surface area contributed by atoms with Crippen molar-refractivity contribution in [2.75, 3.05) is 12.4 Å². The number of amides is 1. The number of ketones is 1. The number of hydrogen-bond acceptors (Lipinski definition) is 7. The van der Waals surface area contributed by atoms with Crippen molar-refractivity contribution >= 4 is 39.0 Å². The summed E-state index contributed by atoms with van der Waals surface area (Å²) in [6.45, 7) is 1.39. The predicted molar refractivity (Wildman–Crippen MR) is 151 cm³/mol. The summed E-state index contributed by atoms with van der Waals surface area (Å²) in [5.41, 5.74) is 1.37. The quantitative estimate of drug-likeness (QED) is 0.285. The molecule has 0 bridgehead atoms. The molecule has 0 aliphatic rings. The highest BCUT2D eigenvalue weighted by molar-refractivity contribution is 7.89. The summed E-state index contributed by atoms with van der Waals surface area (Å²) in [4.78, 5) is 39.2. The smallest absolute Gasteiger partial charge is 0.268 e. The second-order valence-electron chi connectivity index (χ2n) is 8.86. The zero-order valence-electron chi connectivity index (χ0n) is 21.5. The van der Waals surface area contributed by atoms with Crippen LogP contribution in [0, 0.1) is 0 Å². The third-order valence-corrected chi connectivity index (χ3v) is 7.25. The van der Waals surface area contributed by atoms with Crippen molar-refractivity contribution in [1.82, 2.24) is 9.78 Å². The number of sulfonamides is 1. The van der Waals surface area contributed by atoms with Crippen LogP contribution >= 0.6 is 11.6 Å². The molecule has 0 saturated heterocycles. The molecule has 0 aliphatic heterocycles. The number of primary sulfonamides is 1. The Bertz CT molecular complexity index is 1740. The van der Waals surface area contributed by atoms with Crippen LogP contribution in [-0.4, -0.2) is 37.0 Å². The van der Waals surface area contributed by atoms with Gasteiger partial charge in [0.2, 0.25) is 21.8 Å². The van der Waals surface area contributed by atoms with Crippen LogP contribution in [0.1, 0.15) is 28.9 Å². The number of hydrogen-bond donors (Lipinski definition) is 2. The van der Waals surface area contributed by atoms with Crippen LogP contribution in [0.25, 0.3) is 11.1 Å². The number of methoxy groups -OCH3 is 1. The monoisotopic (exact) mass is 580 g/mol. The molecule has 3 aromatic carbocycles. The lowest BCUT2D eigenvalue weighted by Crippen LogP contribution is -2.36. The number of nitrogens with zero attached hydrogens (tertiary/aromatic N) is 2. The molecule has 206 valence electrons. The molecule has 1 atom stereocenters. The minimum absolute atomic E-state index is 0.00716. The van der Waals surface area contributed by atoms with Crippen molar-refractivity contribution in [3.05, 3.63) is 105 Å². The molecule has 0 saturated carbocycles. The molecule has 3 N–H and O–H groups in total. The van der Waals surface area contributed by atoms with Gasteiger partial charge >= 0.3 is 0 Å². The Hall–Kier alpha value is -4.32. The van der Waals surface area contributed by atoms with E-state index in [1.54, 1.807) is 30.3 Å². The van der Waals surface area contributed by atoms with Gasteiger partial charge in [-0.1, -0.05) is 41.9 Å². The van der Waals surface area contributed by atoms with Crippen molar-refractivity contribution in [3.63, 3.8) is 0 Å². The number of Topliss-reactive ketones (excluding diaryl/α,β-unsaturated/α-hetero) is 1. The molecule has 0 unspecified atom stereocenters. The Labute approximate surface area is 235 Å². The lowest BCUT2D eigenvalue weighted by Gasteiger charge is -2.20. The van der Waals surface area contributed by atoms with Gasteiger partial charge in [0.15, 0.2) is 5.78 Å². The van der Waals surface area contributed by atoms with Gasteiger partial charge < -0.3 is 10.1 Å². The van der Waals surface area contributed by atoms with E-state index in [0.29, 0.717) is 16.1 Å². The van der Waals surface area contributed by atoms with Gasteiger partial charge in [0.05, 0.1) is 17.6 Å². The van der Waals surface area contributed by atoms with E-state index in [-0.39, 0.29) is 34.2 Å². The van der Waals surface area contributed by atoms with Gasteiger partial charge in [-0.25, -0.2) is 18.2 Å². The van der Waals surface area contributed by atoms with Gasteiger partial charge in [-0.05, 0) is 60.5 Å². The molecule has 12 heteroatoms. The first-order valence-corrected chi connectivity index (χ1v) is 13.9. The number of nitrogens with one attached hydrogen (secondary N) is 1. The van der Waals surface area contributed by atoms with Gasteiger partial charge in [0.1, 0.15) is 6.04 Å². The van der Waals surface area contributed by atoms with E-state index in [9.17, 15) is 22.8 Å². The largest absolute Gasteiger partial charge is 0.480 e. The Kier molecular flexibility index (Phi) is 8.48. The van der Waals surface area contributed by atoms with Crippen molar-refractivity contribution < 1.29 is 22.7 Å². The van der Waals surface area contributed by atoms with Crippen molar-refractivity contribution in [3.8, 4) is 17.0 Å². The molecule has 1 amide bonds. The normalized spacial score (nSPS) is 12.0. The summed E-state index contributed by atoms with van der Waals surface area (Å²) in [6.07, 6.45) is 0.104. The second-order valence-corrected chi connectivity index (χ2v) is 10.9. The molecule has 0 radical (unpaired) electrons. The first-order chi connectivity index (χ1) is 19.0. The summed E-state index contributed by atoms with van der Waals surface area (Å²) in [5, 5.41) is 12.6. The maximum Gasteiger partial charge on any atom is 0.268 e. The molecule has 40 heavy (non-hydrogen) atoms. The van der Waals surface area contributed by atoms with E-state index in [4.69, 9.17) is 21.5 Å². The molecule has 4 aromatic rings. The maximum absolute atomic E-state index is 13.5. The maximum atomic E-state index is 13.5. The number of anilines is 1. The number of aromatic nitrogens is 2. The fourth-order valence-corrected chi connectivity index (χ4v) is 4.83. The lowest BCUT2D eigenvalue weighted by atomic mass is 9.98. The number of halogens is 1. The standard InChI is InChI=1S/C28H25ClN4O6S/c1-17(34)22-13-8-19(29)15-23(22)24-16-26(35)33(32-28(24)39-2)25(14-18-6-4-3-5-7-18)27(36)31-20-9-11-21(12-10-20)40(30,37)38/h3-13,15-16,25H,14H2,1-2H3,(H,31,36)(H2,30,37,38)/t25-/m0/s1. The van der Waals surface area contributed by atoms with Crippen LogP contribution in [0.5, 0.6) is 5.88 Å². The summed E-state index contributed by atoms with van der Waals surface area (Å²) >= 11 is 6.18. The number of carbonyl (C=O) groups is 2. The third kappa shape index (κ3) is 6.45. The van der Waals surface area contributed by atoms with Crippen LogP contribution in [0.4, 0.5) is 5.69 Å².